The van der Waals surface area contributed by atoms with Crippen molar-refractivity contribution in [3.63, 3.8) is 0 Å². The van der Waals surface area contributed by atoms with Crippen molar-refractivity contribution >= 4 is 12.3 Å². The van der Waals surface area contributed by atoms with Crippen LogP contribution in [-0.2, 0) is 9.59 Å². The number of benzene rings is 2. The van der Waals surface area contributed by atoms with Gasteiger partial charge in [-0.3, -0.25) is 9.59 Å². The van der Waals surface area contributed by atoms with Crippen LogP contribution in [0.4, 0.5) is 13.2 Å². The van der Waals surface area contributed by atoms with E-state index in [1.807, 2.05) is 19.1 Å². The molecule has 2 aromatic rings. The van der Waals surface area contributed by atoms with E-state index in [2.05, 4.69) is 25.2 Å². The second-order valence-electron chi connectivity index (χ2n) is 9.29. The molecule has 0 aliphatic carbocycles. The van der Waals surface area contributed by atoms with Gasteiger partial charge in [-0.2, -0.15) is 13.2 Å². The molecule has 0 spiro atoms. The molecule has 34 heavy (non-hydrogen) atoms. The third kappa shape index (κ3) is 5.29. The summed E-state index contributed by atoms with van der Waals surface area (Å²) in [5, 5.41) is 2.83. The Labute approximate surface area is 199 Å². The fourth-order valence-electron chi connectivity index (χ4n) is 5.39. The molecule has 3 rings (SSSR count). The van der Waals surface area contributed by atoms with Crippen molar-refractivity contribution in [2.24, 2.45) is 5.41 Å². The number of nitrogens with zero attached hydrogens (tertiary/aromatic N) is 1. The Morgan fingerprint density at radius 1 is 1.09 bits per heavy atom. The highest BCUT2D eigenvalue weighted by molar-refractivity contribution is 5.84. The van der Waals surface area contributed by atoms with E-state index in [4.69, 9.17) is 0 Å². The van der Waals surface area contributed by atoms with Gasteiger partial charge in [0, 0.05) is 25.6 Å². The maximum absolute atomic E-state index is 13.9. The Hall–Kier alpha value is -2.83. The molecule has 1 N–H and O–H groups in total. The van der Waals surface area contributed by atoms with Gasteiger partial charge in [0.15, 0.2) is 5.92 Å². The molecule has 184 valence electrons. The molecule has 2 amide bonds. The molecule has 1 fully saturated rings. The lowest BCUT2D eigenvalue weighted by Crippen LogP contribution is -2.50. The molecule has 0 radical (unpaired) electrons. The number of rotatable bonds is 8. The number of carbonyl (C=O) groups excluding carboxylic acids is 2. The van der Waals surface area contributed by atoms with Gasteiger partial charge in [-0.05, 0) is 60.8 Å². The van der Waals surface area contributed by atoms with Gasteiger partial charge in [0.1, 0.15) is 0 Å². The minimum atomic E-state index is -4.66. The van der Waals surface area contributed by atoms with E-state index < -0.39 is 18.0 Å². The Morgan fingerprint density at radius 3 is 2.29 bits per heavy atom. The highest BCUT2D eigenvalue weighted by Gasteiger charge is 2.49. The molecule has 2 aromatic carbocycles. The second-order valence-corrected chi connectivity index (χ2v) is 9.29. The fourth-order valence-corrected chi connectivity index (χ4v) is 5.39. The first kappa shape index (κ1) is 25.8. The van der Waals surface area contributed by atoms with Crippen LogP contribution in [0.15, 0.2) is 48.5 Å². The van der Waals surface area contributed by atoms with E-state index in [-0.39, 0.29) is 30.0 Å². The quantitative estimate of drug-likeness (QED) is 0.514. The van der Waals surface area contributed by atoms with E-state index in [0.29, 0.717) is 25.8 Å². The zero-order chi connectivity index (χ0) is 24.9. The first-order valence-corrected chi connectivity index (χ1v) is 11.8. The lowest BCUT2D eigenvalue weighted by Gasteiger charge is -2.47. The average Bonchev–Trinajstić information content (AvgIpc) is 2.82. The monoisotopic (exact) mass is 474 g/mol. The Balaban J connectivity index is 1.87. The molecule has 2 atom stereocenters. The maximum atomic E-state index is 13.9. The normalized spacial score (nSPS) is 17.6. The summed E-state index contributed by atoms with van der Waals surface area (Å²) in [6, 6.07) is 13.5. The Kier molecular flexibility index (Phi) is 8.05. The van der Waals surface area contributed by atoms with E-state index >= 15 is 0 Å². The van der Waals surface area contributed by atoms with Gasteiger partial charge in [-0.15, -0.1) is 0 Å². The smallest absolute Gasteiger partial charge is 0.358 e. The number of nitrogens with one attached hydrogen (secondary N) is 1. The summed E-state index contributed by atoms with van der Waals surface area (Å²) < 4.78 is 41.7. The van der Waals surface area contributed by atoms with E-state index in [1.165, 1.54) is 29.2 Å². The summed E-state index contributed by atoms with van der Waals surface area (Å²) in [6.07, 6.45) is -2.02. The lowest BCUT2D eigenvalue weighted by atomic mass is 9.63. The zero-order valence-electron chi connectivity index (χ0n) is 20.0. The number of hydrogen-bond donors (Lipinski definition) is 1. The molecular weight excluding hydrogens is 441 g/mol. The number of amides is 2. The van der Waals surface area contributed by atoms with Crippen LogP contribution in [-0.4, -0.2) is 43.0 Å². The van der Waals surface area contributed by atoms with Crippen LogP contribution in [0, 0.1) is 19.3 Å². The fraction of sp³-hybridized carbons (Fsp3) is 0.481. The third-order valence-corrected chi connectivity index (χ3v) is 7.65. The molecule has 0 bridgehead atoms. The SMILES string of the molecule is CCC1(C(CNC=O)c2cccc(C)c2C)CCN(C(=O)C(c2ccccc2)C(F)(F)F)CC1. The highest BCUT2D eigenvalue weighted by atomic mass is 19.4. The molecule has 1 aliphatic rings. The zero-order valence-corrected chi connectivity index (χ0v) is 20.0. The van der Waals surface area contributed by atoms with Crippen molar-refractivity contribution in [3.8, 4) is 0 Å². The van der Waals surface area contributed by atoms with E-state index in [9.17, 15) is 22.8 Å². The van der Waals surface area contributed by atoms with Crippen LogP contribution in [0.2, 0.25) is 0 Å². The van der Waals surface area contributed by atoms with Crippen molar-refractivity contribution in [3.05, 3.63) is 70.8 Å². The van der Waals surface area contributed by atoms with Crippen molar-refractivity contribution in [1.29, 1.82) is 0 Å². The maximum Gasteiger partial charge on any atom is 0.404 e. The minimum absolute atomic E-state index is 0.00684. The van der Waals surface area contributed by atoms with Gasteiger partial charge >= 0.3 is 6.18 Å². The number of piperidine rings is 1. The number of likely N-dealkylation sites (tertiary alicyclic amines) is 1. The van der Waals surface area contributed by atoms with Crippen LogP contribution in [0.5, 0.6) is 0 Å². The summed E-state index contributed by atoms with van der Waals surface area (Å²) in [6.45, 7) is 7.16. The lowest BCUT2D eigenvalue weighted by molar-refractivity contribution is -0.173. The predicted molar refractivity (Wildman–Crippen MR) is 126 cm³/mol. The standard InChI is InChI=1S/C27H33F3N2O2/c1-4-26(23(17-31-18-33)22-12-8-9-19(2)20(22)3)13-15-32(16-14-26)25(34)24(27(28,29)30)21-10-6-5-7-11-21/h5-12,18,23-24H,4,13-17H2,1-3H3,(H,31,33). The first-order valence-electron chi connectivity index (χ1n) is 11.8. The molecular formula is C27H33F3N2O2. The summed E-state index contributed by atoms with van der Waals surface area (Å²) in [4.78, 5) is 25.6. The summed E-state index contributed by atoms with van der Waals surface area (Å²) in [5.74, 6) is -3.04. The topological polar surface area (TPSA) is 49.4 Å². The van der Waals surface area contributed by atoms with Gasteiger partial charge in [-0.25, -0.2) is 0 Å². The van der Waals surface area contributed by atoms with Gasteiger partial charge < -0.3 is 10.2 Å². The molecule has 0 saturated carbocycles. The first-order chi connectivity index (χ1) is 16.1. The molecule has 2 unspecified atom stereocenters. The van der Waals surface area contributed by atoms with Gasteiger partial charge in [0.05, 0.1) is 0 Å². The van der Waals surface area contributed by atoms with Gasteiger partial charge in [0.25, 0.3) is 0 Å². The minimum Gasteiger partial charge on any atom is -0.358 e. The van der Waals surface area contributed by atoms with Gasteiger partial charge in [0.2, 0.25) is 12.3 Å². The molecule has 4 nitrogen and oxygen atoms in total. The largest absolute Gasteiger partial charge is 0.404 e. The molecule has 0 aromatic heterocycles. The van der Waals surface area contributed by atoms with E-state index in [1.54, 1.807) is 6.07 Å². The molecule has 1 aliphatic heterocycles. The second kappa shape index (κ2) is 10.6. The molecule has 1 saturated heterocycles. The summed E-state index contributed by atoms with van der Waals surface area (Å²) in [5.41, 5.74) is 3.20. The Bertz CT molecular complexity index is 983. The number of hydrogen-bond acceptors (Lipinski definition) is 2. The average molecular weight is 475 g/mol. The van der Waals surface area contributed by atoms with Crippen molar-refractivity contribution < 1.29 is 22.8 Å². The highest BCUT2D eigenvalue weighted by Crippen LogP contribution is 2.48. The van der Waals surface area contributed by atoms with Crippen molar-refractivity contribution in [2.45, 2.75) is 58.0 Å². The van der Waals surface area contributed by atoms with Crippen molar-refractivity contribution in [2.75, 3.05) is 19.6 Å². The van der Waals surface area contributed by atoms with Crippen LogP contribution < -0.4 is 5.32 Å². The van der Waals surface area contributed by atoms with Crippen LogP contribution in [0.3, 0.4) is 0 Å². The third-order valence-electron chi connectivity index (χ3n) is 7.65. The number of alkyl halides is 3. The summed E-state index contributed by atoms with van der Waals surface area (Å²) in [7, 11) is 0. The van der Waals surface area contributed by atoms with Crippen LogP contribution in [0.1, 0.15) is 60.3 Å². The van der Waals surface area contributed by atoms with E-state index in [0.717, 1.165) is 23.1 Å². The van der Waals surface area contributed by atoms with Gasteiger partial charge in [-0.1, -0.05) is 55.5 Å². The number of carbonyl (C=O) groups is 2. The van der Waals surface area contributed by atoms with Crippen LogP contribution in [0.25, 0.3) is 0 Å². The predicted octanol–water partition coefficient (Wildman–Crippen LogP) is 5.50. The number of halogens is 3. The summed E-state index contributed by atoms with van der Waals surface area (Å²) >= 11 is 0. The molecule has 1 heterocycles. The number of aryl methyl sites for hydroxylation is 1. The van der Waals surface area contributed by atoms with Crippen molar-refractivity contribution in [1.82, 2.24) is 10.2 Å². The Morgan fingerprint density at radius 2 is 1.74 bits per heavy atom. The van der Waals surface area contributed by atoms with Crippen LogP contribution >= 0.6 is 0 Å². The molecule has 7 heteroatoms.